The van der Waals surface area contributed by atoms with E-state index in [4.69, 9.17) is 4.74 Å². The van der Waals surface area contributed by atoms with E-state index >= 15 is 0 Å². The normalized spacial score (nSPS) is 24.4. The highest BCUT2D eigenvalue weighted by atomic mass is 16.5. The number of rotatable bonds is 4. The molecule has 4 nitrogen and oxygen atoms in total. The summed E-state index contributed by atoms with van der Waals surface area (Å²) in [7, 11) is 0. The maximum Gasteiger partial charge on any atom is 0.315 e. The fourth-order valence-electron chi connectivity index (χ4n) is 3.50. The Hall–Kier alpha value is -1.03. The van der Waals surface area contributed by atoms with E-state index in [1.54, 1.807) is 0 Å². The molecule has 2 rings (SSSR count). The molecule has 2 aliphatic rings. The van der Waals surface area contributed by atoms with E-state index in [-0.39, 0.29) is 6.03 Å². The van der Waals surface area contributed by atoms with E-state index in [1.165, 1.54) is 18.4 Å². The Bertz CT molecular complexity index is 355. The average Bonchev–Trinajstić information content (AvgIpc) is 2.78. The molecule has 0 aromatic carbocycles. The third-order valence-corrected chi connectivity index (χ3v) is 4.68. The molecule has 1 aliphatic heterocycles. The lowest BCUT2D eigenvalue weighted by Crippen LogP contribution is -2.50. The van der Waals surface area contributed by atoms with Gasteiger partial charge in [0.15, 0.2) is 0 Å². The minimum Gasteiger partial charge on any atom is -0.381 e. The van der Waals surface area contributed by atoms with Crippen molar-refractivity contribution in [2.24, 2.45) is 5.41 Å². The van der Waals surface area contributed by atoms with Crippen LogP contribution in [-0.2, 0) is 4.74 Å². The molecule has 2 N–H and O–H groups in total. The number of allylic oxidation sites excluding steroid dienone is 1. The third-order valence-electron chi connectivity index (χ3n) is 4.68. The molecule has 0 aromatic heterocycles. The number of nitrogens with one attached hydrogen (secondary N) is 2. The van der Waals surface area contributed by atoms with E-state index in [0.717, 1.165) is 38.9 Å². The quantitative estimate of drug-likeness (QED) is 0.614. The number of carbonyl (C=O) groups is 1. The maximum absolute atomic E-state index is 12.0. The van der Waals surface area contributed by atoms with Gasteiger partial charge in [0.1, 0.15) is 0 Å². The van der Waals surface area contributed by atoms with Gasteiger partial charge in [-0.1, -0.05) is 18.1 Å². The summed E-state index contributed by atoms with van der Waals surface area (Å²) in [6, 6.07) is 0.319. The van der Waals surface area contributed by atoms with Crippen LogP contribution in [0.3, 0.4) is 0 Å². The Morgan fingerprint density at radius 2 is 2.05 bits per heavy atom. The number of amides is 2. The van der Waals surface area contributed by atoms with E-state index < -0.39 is 0 Å². The van der Waals surface area contributed by atoms with Crippen molar-refractivity contribution >= 4 is 6.03 Å². The summed E-state index contributed by atoms with van der Waals surface area (Å²) in [5.41, 5.74) is 1.60. The highest BCUT2D eigenvalue weighted by Gasteiger charge is 2.44. The zero-order valence-corrected chi connectivity index (χ0v) is 12.8. The van der Waals surface area contributed by atoms with Crippen LogP contribution in [0.1, 0.15) is 52.4 Å². The molecule has 0 unspecified atom stereocenters. The van der Waals surface area contributed by atoms with Gasteiger partial charge in [-0.05, 0) is 51.4 Å². The summed E-state index contributed by atoms with van der Waals surface area (Å²) in [5, 5.41) is 6.16. The first kappa shape index (κ1) is 15.4. The molecule has 1 heterocycles. The van der Waals surface area contributed by atoms with Gasteiger partial charge in [0.05, 0.1) is 0 Å². The standard InChI is InChI=1S/C16H28N2O2/c1-13(2)5-4-10-17-15(19)18-14-6-3-7-16(14)8-11-20-12-9-16/h5,14H,3-4,6-12H2,1-2H3,(H2,17,18,19)/t14-/m1/s1. The lowest BCUT2D eigenvalue weighted by molar-refractivity contribution is 0.00625. The van der Waals surface area contributed by atoms with Crippen molar-refractivity contribution in [2.45, 2.75) is 58.4 Å². The molecule has 20 heavy (non-hydrogen) atoms. The van der Waals surface area contributed by atoms with Crippen molar-refractivity contribution in [1.82, 2.24) is 10.6 Å². The van der Waals surface area contributed by atoms with E-state index in [1.807, 2.05) is 0 Å². The van der Waals surface area contributed by atoms with Crippen LogP contribution in [0.5, 0.6) is 0 Å². The number of hydrogen-bond acceptors (Lipinski definition) is 2. The predicted molar refractivity (Wildman–Crippen MR) is 80.7 cm³/mol. The van der Waals surface area contributed by atoms with Gasteiger partial charge in [0, 0.05) is 25.8 Å². The highest BCUT2D eigenvalue weighted by molar-refractivity contribution is 5.74. The molecule has 114 valence electrons. The minimum absolute atomic E-state index is 0.00933. The molecular weight excluding hydrogens is 252 g/mol. The second-order valence-electron chi connectivity index (χ2n) is 6.39. The molecule has 1 spiro atoms. The fraction of sp³-hybridized carbons (Fsp3) is 0.812. The van der Waals surface area contributed by atoms with Crippen molar-refractivity contribution in [3.05, 3.63) is 11.6 Å². The van der Waals surface area contributed by atoms with Gasteiger partial charge in [-0.25, -0.2) is 4.79 Å². The molecule has 1 atom stereocenters. The number of hydrogen-bond donors (Lipinski definition) is 2. The van der Waals surface area contributed by atoms with Gasteiger partial charge < -0.3 is 15.4 Å². The Morgan fingerprint density at radius 1 is 1.30 bits per heavy atom. The summed E-state index contributed by atoms with van der Waals surface area (Å²) >= 11 is 0. The lowest BCUT2D eigenvalue weighted by atomic mass is 9.75. The largest absolute Gasteiger partial charge is 0.381 e. The monoisotopic (exact) mass is 280 g/mol. The van der Waals surface area contributed by atoms with Crippen LogP contribution >= 0.6 is 0 Å². The van der Waals surface area contributed by atoms with Gasteiger partial charge in [-0.3, -0.25) is 0 Å². The van der Waals surface area contributed by atoms with Gasteiger partial charge in [0.25, 0.3) is 0 Å². The van der Waals surface area contributed by atoms with Crippen molar-refractivity contribution < 1.29 is 9.53 Å². The Labute approximate surface area is 122 Å². The molecule has 2 amide bonds. The maximum atomic E-state index is 12.0. The molecule has 2 fully saturated rings. The number of carbonyl (C=O) groups excluding carboxylic acids is 1. The predicted octanol–water partition coefficient (Wildman–Crippen LogP) is 2.99. The van der Waals surface area contributed by atoms with Gasteiger partial charge in [-0.15, -0.1) is 0 Å². The molecule has 0 radical (unpaired) electrons. The summed E-state index contributed by atoms with van der Waals surface area (Å²) < 4.78 is 5.48. The molecule has 1 saturated carbocycles. The van der Waals surface area contributed by atoms with E-state index in [2.05, 4.69) is 30.6 Å². The summed E-state index contributed by atoms with van der Waals surface area (Å²) in [5.74, 6) is 0. The van der Waals surface area contributed by atoms with Gasteiger partial charge in [0.2, 0.25) is 0 Å². The van der Waals surface area contributed by atoms with Crippen LogP contribution in [0.2, 0.25) is 0 Å². The van der Waals surface area contributed by atoms with Gasteiger partial charge in [-0.2, -0.15) is 0 Å². The minimum atomic E-state index is -0.00933. The molecule has 4 heteroatoms. The average molecular weight is 280 g/mol. The first-order valence-electron chi connectivity index (χ1n) is 7.88. The topological polar surface area (TPSA) is 50.4 Å². The molecule has 1 saturated heterocycles. The molecule has 0 bridgehead atoms. The number of urea groups is 1. The van der Waals surface area contributed by atoms with E-state index in [9.17, 15) is 4.79 Å². The fourth-order valence-corrected chi connectivity index (χ4v) is 3.50. The Balaban J connectivity index is 1.77. The summed E-state index contributed by atoms with van der Waals surface area (Å²) in [6.07, 6.45) is 8.81. The Kier molecular flexibility index (Phi) is 5.46. The zero-order chi connectivity index (χ0) is 14.4. The van der Waals surface area contributed by atoms with Crippen LogP contribution in [0.15, 0.2) is 11.6 Å². The van der Waals surface area contributed by atoms with Crippen LogP contribution in [0, 0.1) is 5.41 Å². The number of ether oxygens (including phenoxy) is 1. The van der Waals surface area contributed by atoms with Gasteiger partial charge >= 0.3 is 6.03 Å². The first-order chi connectivity index (χ1) is 9.62. The Morgan fingerprint density at radius 3 is 2.75 bits per heavy atom. The summed E-state index contributed by atoms with van der Waals surface area (Å²) in [4.78, 5) is 12.0. The highest BCUT2D eigenvalue weighted by Crippen LogP contribution is 2.45. The van der Waals surface area contributed by atoms with Crippen LogP contribution < -0.4 is 10.6 Å². The van der Waals surface area contributed by atoms with Crippen molar-refractivity contribution in [3.8, 4) is 0 Å². The summed E-state index contributed by atoms with van der Waals surface area (Å²) in [6.45, 7) is 6.56. The van der Waals surface area contributed by atoms with Crippen molar-refractivity contribution in [2.75, 3.05) is 19.8 Å². The van der Waals surface area contributed by atoms with Crippen molar-refractivity contribution in [1.29, 1.82) is 0 Å². The molecular formula is C16H28N2O2. The second-order valence-corrected chi connectivity index (χ2v) is 6.39. The second kappa shape index (κ2) is 7.11. The molecule has 1 aliphatic carbocycles. The third kappa shape index (κ3) is 3.98. The smallest absolute Gasteiger partial charge is 0.315 e. The van der Waals surface area contributed by atoms with Crippen LogP contribution in [0.25, 0.3) is 0 Å². The van der Waals surface area contributed by atoms with E-state index in [0.29, 0.717) is 18.0 Å². The van der Waals surface area contributed by atoms with Crippen molar-refractivity contribution in [3.63, 3.8) is 0 Å². The van der Waals surface area contributed by atoms with Crippen LogP contribution in [0.4, 0.5) is 4.79 Å². The van der Waals surface area contributed by atoms with Crippen LogP contribution in [-0.4, -0.2) is 31.8 Å². The first-order valence-corrected chi connectivity index (χ1v) is 7.88. The lowest BCUT2D eigenvalue weighted by Gasteiger charge is -2.39. The SMILES string of the molecule is CC(C)=CCCNC(=O)N[C@@H]1CCCC12CCOCC2. The zero-order valence-electron chi connectivity index (χ0n) is 12.8. The molecule has 0 aromatic rings.